The molecule has 0 aliphatic rings. The molecule has 0 saturated carbocycles. The van der Waals surface area contributed by atoms with Crippen LogP contribution in [0.15, 0.2) is 4.99 Å². The zero-order valence-electron chi connectivity index (χ0n) is 21.1. The Bertz CT molecular complexity index is 490. The Morgan fingerprint density at radius 2 is 1.19 bits per heavy atom. The van der Waals surface area contributed by atoms with Gasteiger partial charge in [-0.05, 0) is 19.3 Å². The van der Waals surface area contributed by atoms with Gasteiger partial charge in [0.15, 0.2) is 11.7 Å². The second-order valence-corrected chi connectivity index (χ2v) is 9.09. The van der Waals surface area contributed by atoms with Crippen molar-refractivity contribution in [1.29, 1.82) is 0 Å². The van der Waals surface area contributed by atoms with Gasteiger partial charge in [0.1, 0.15) is 0 Å². The van der Waals surface area contributed by atoms with Gasteiger partial charge in [-0.2, -0.15) is 0 Å². The van der Waals surface area contributed by atoms with E-state index < -0.39 is 6.04 Å². The molecule has 6 nitrogen and oxygen atoms in total. The minimum atomic E-state index is -0.418. The van der Waals surface area contributed by atoms with Gasteiger partial charge in [-0.25, -0.2) is 0 Å². The van der Waals surface area contributed by atoms with E-state index in [1.54, 1.807) is 0 Å². The summed E-state index contributed by atoms with van der Waals surface area (Å²) < 4.78 is 0. The normalized spacial score (nSPS) is 11.8. The van der Waals surface area contributed by atoms with Crippen LogP contribution in [0.3, 0.4) is 0 Å². The van der Waals surface area contributed by atoms with Crippen molar-refractivity contribution in [3.8, 4) is 0 Å². The van der Waals surface area contributed by atoms with Crippen LogP contribution in [0, 0.1) is 0 Å². The molecule has 6 heteroatoms. The first-order valence-corrected chi connectivity index (χ1v) is 13.4. The van der Waals surface area contributed by atoms with Gasteiger partial charge in [-0.15, -0.1) is 0 Å². The number of carbonyl (C=O) groups is 2. The highest BCUT2D eigenvalue weighted by Gasteiger charge is 2.18. The Balaban J connectivity index is 3.63. The Morgan fingerprint density at radius 3 is 1.62 bits per heavy atom. The number of nitrogens with zero attached hydrogens (tertiary/aromatic N) is 1. The van der Waals surface area contributed by atoms with Crippen LogP contribution in [0.4, 0.5) is 0 Å². The van der Waals surface area contributed by atoms with Crippen LogP contribution in [0.2, 0.25) is 0 Å². The van der Waals surface area contributed by atoms with Gasteiger partial charge in [0.25, 0.3) is 0 Å². The second kappa shape index (κ2) is 22.6. The zero-order chi connectivity index (χ0) is 23.9. The molecule has 1 unspecified atom stereocenters. The summed E-state index contributed by atoms with van der Waals surface area (Å²) in [6.07, 6.45) is 21.8. The van der Waals surface area contributed by atoms with E-state index in [4.69, 9.17) is 11.5 Å². The molecule has 188 valence electrons. The van der Waals surface area contributed by atoms with Gasteiger partial charge in [-0.1, -0.05) is 104 Å². The fraction of sp³-hybridized carbons (Fsp3) is 0.885. The third kappa shape index (κ3) is 20.3. The molecule has 0 aliphatic heterocycles. The smallest absolute Gasteiger partial charge is 0.220 e. The van der Waals surface area contributed by atoms with Crippen molar-refractivity contribution in [1.82, 2.24) is 5.32 Å². The maximum Gasteiger partial charge on any atom is 0.220 e. The number of carbonyl (C=O) groups excluding carboxylic acids is 2. The molecular formula is C26H52N4O2. The quantitative estimate of drug-likeness (QED) is 0.104. The first-order chi connectivity index (χ1) is 15.5. The van der Waals surface area contributed by atoms with Crippen LogP contribution < -0.4 is 16.8 Å². The van der Waals surface area contributed by atoms with Gasteiger partial charge in [0.05, 0.1) is 6.04 Å². The number of ketones is 1. The minimum absolute atomic E-state index is 0.0201. The van der Waals surface area contributed by atoms with E-state index in [0.29, 0.717) is 32.2 Å². The van der Waals surface area contributed by atoms with Crippen LogP contribution in [0.25, 0.3) is 0 Å². The molecular weight excluding hydrogens is 400 g/mol. The van der Waals surface area contributed by atoms with Crippen molar-refractivity contribution in [2.75, 3.05) is 6.54 Å². The topological polar surface area (TPSA) is 111 Å². The monoisotopic (exact) mass is 452 g/mol. The molecule has 0 rings (SSSR count). The maximum atomic E-state index is 12.2. The number of guanidine groups is 1. The van der Waals surface area contributed by atoms with Crippen LogP contribution in [-0.2, 0) is 9.59 Å². The predicted molar refractivity (Wildman–Crippen MR) is 137 cm³/mol. The summed E-state index contributed by atoms with van der Waals surface area (Å²) >= 11 is 0. The molecule has 0 aromatic carbocycles. The summed E-state index contributed by atoms with van der Waals surface area (Å²) in [6, 6.07) is -0.418. The lowest BCUT2D eigenvalue weighted by Crippen LogP contribution is -2.40. The second-order valence-electron chi connectivity index (χ2n) is 9.09. The SMILES string of the molecule is CCCCCCCCCCCCCCCCCC(=O)NC(CCCN=C(N)N)C(=O)CC. The molecule has 1 amide bonds. The minimum Gasteiger partial charge on any atom is -0.370 e. The third-order valence-electron chi connectivity index (χ3n) is 6.03. The molecule has 5 N–H and O–H groups in total. The van der Waals surface area contributed by atoms with E-state index in [1.807, 2.05) is 6.92 Å². The van der Waals surface area contributed by atoms with Crippen LogP contribution in [0.5, 0.6) is 0 Å². The van der Waals surface area contributed by atoms with Gasteiger partial charge in [0, 0.05) is 19.4 Å². The number of unbranched alkanes of at least 4 members (excludes halogenated alkanes) is 14. The molecule has 0 saturated heterocycles. The van der Waals surface area contributed by atoms with Crippen LogP contribution >= 0.6 is 0 Å². The number of aliphatic imine (C=N–C) groups is 1. The first kappa shape index (κ1) is 30.4. The highest BCUT2D eigenvalue weighted by molar-refractivity contribution is 5.88. The number of nitrogens with two attached hydrogens (primary N) is 2. The van der Waals surface area contributed by atoms with Crippen molar-refractivity contribution >= 4 is 17.6 Å². The Morgan fingerprint density at radius 1 is 0.719 bits per heavy atom. The van der Waals surface area contributed by atoms with E-state index in [-0.39, 0.29) is 17.6 Å². The molecule has 0 aliphatic carbocycles. The van der Waals surface area contributed by atoms with Crippen molar-refractivity contribution in [2.24, 2.45) is 16.5 Å². The molecule has 0 fully saturated rings. The average molecular weight is 453 g/mol. The van der Waals surface area contributed by atoms with Crippen molar-refractivity contribution in [2.45, 2.75) is 142 Å². The summed E-state index contributed by atoms with van der Waals surface area (Å²) in [5.74, 6) is 0.105. The largest absolute Gasteiger partial charge is 0.370 e. The lowest BCUT2D eigenvalue weighted by Gasteiger charge is -2.16. The molecule has 0 bridgehead atoms. The highest BCUT2D eigenvalue weighted by atomic mass is 16.2. The number of hydrogen-bond donors (Lipinski definition) is 3. The van der Waals surface area contributed by atoms with E-state index in [1.165, 1.54) is 83.5 Å². The number of hydrogen-bond acceptors (Lipinski definition) is 3. The van der Waals surface area contributed by atoms with Crippen molar-refractivity contribution in [3.05, 3.63) is 0 Å². The predicted octanol–water partition coefficient (Wildman–Crippen LogP) is 5.77. The van der Waals surface area contributed by atoms with E-state index >= 15 is 0 Å². The highest BCUT2D eigenvalue weighted by Crippen LogP contribution is 2.14. The van der Waals surface area contributed by atoms with Crippen molar-refractivity contribution < 1.29 is 9.59 Å². The van der Waals surface area contributed by atoms with Crippen molar-refractivity contribution in [3.63, 3.8) is 0 Å². The Hall–Kier alpha value is -1.59. The summed E-state index contributed by atoms with van der Waals surface area (Å²) in [6.45, 7) is 4.57. The molecule has 32 heavy (non-hydrogen) atoms. The number of nitrogens with one attached hydrogen (secondary N) is 1. The standard InChI is InChI=1S/C26H52N4O2/c1-3-5-6-7-8-9-10-11-12-13-14-15-16-17-18-21-25(32)30-23(24(31)4-2)20-19-22-29-26(27)28/h23H,3-22H2,1-2H3,(H,30,32)(H4,27,28,29). The molecule has 0 heterocycles. The van der Waals surface area contributed by atoms with E-state index in [0.717, 1.165) is 12.8 Å². The lowest BCUT2D eigenvalue weighted by molar-refractivity contribution is -0.127. The van der Waals surface area contributed by atoms with Gasteiger partial charge in [-0.3, -0.25) is 14.6 Å². The summed E-state index contributed by atoms with van der Waals surface area (Å²) in [7, 11) is 0. The summed E-state index contributed by atoms with van der Waals surface area (Å²) in [4.78, 5) is 28.2. The first-order valence-electron chi connectivity index (χ1n) is 13.4. The number of Topliss-reactive ketones (excluding diaryl/α,β-unsaturated/α-hetero) is 1. The lowest BCUT2D eigenvalue weighted by atomic mass is 10.0. The third-order valence-corrected chi connectivity index (χ3v) is 6.03. The fourth-order valence-corrected chi connectivity index (χ4v) is 3.99. The molecule has 0 aromatic heterocycles. The number of amides is 1. The molecule has 0 aromatic rings. The summed E-state index contributed by atoms with van der Waals surface area (Å²) in [5, 5.41) is 2.91. The number of rotatable bonds is 23. The van der Waals surface area contributed by atoms with Gasteiger partial charge >= 0.3 is 0 Å². The van der Waals surface area contributed by atoms with E-state index in [2.05, 4.69) is 17.2 Å². The molecule has 1 atom stereocenters. The Kier molecular flexibility index (Phi) is 21.5. The maximum absolute atomic E-state index is 12.2. The van der Waals surface area contributed by atoms with Crippen LogP contribution in [-0.4, -0.2) is 30.2 Å². The zero-order valence-corrected chi connectivity index (χ0v) is 21.1. The Labute approximate surface area is 197 Å². The van der Waals surface area contributed by atoms with Gasteiger partial charge < -0.3 is 16.8 Å². The molecule has 0 radical (unpaired) electrons. The fourth-order valence-electron chi connectivity index (χ4n) is 3.99. The van der Waals surface area contributed by atoms with Gasteiger partial charge in [0.2, 0.25) is 5.91 Å². The average Bonchev–Trinajstić information content (AvgIpc) is 2.77. The van der Waals surface area contributed by atoms with Crippen LogP contribution in [0.1, 0.15) is 136 Å². The molecule has 0 spiro atoms. The summed E-state index contributed by atoms with van der Waals surface area (Å²) in [5.41, 5.74) is 10.6. The van der Waals surface area contributed by atoms with E-state index in [9.17, 15) is 9.59 Å².